The summed E-state index contributed by atoms with van der Waals surface area (Å²) in [4.78, 5) is 22.6. The first-order valence-corrected chi connectivity index (χ1v) is 5.78. The van der Waals surface area contributed by atoms with E-state index in [4.69, 9.17) is 9.84 Å². The molecular formula is C13H15F2NO4. The lowest BCUT2D eigenvalue weighted by Crippen LogP contribution is -2.38. The fourth-order valence-corrected chi connectivity index (χ4v) is 1.44. The molecule has 1 aromatic rings. The van der Waals surface area contributed by atoms with E-state index in [0.717, 1.165) is 18.2 Å². The first kappa shape index (κ1) is 15.9. The van der Waals surface area contributed by atoms with Crippen LogP contribution in [0.2, 0.25) is 0 Å². The zero-order valence-electron chi connectivity index (χ0n) is 11.2. The van der Waals surface area contributed by atoms with Gasteiger partial charge in [-0.2, -0.15) is 0 Å². The second kappa shape index (κ2) is 5.85. The fourth-order valence-electron chi connectivity index (χ4n) is 1.44. The molecule has 0 radical (unpaired) electrons. The van der Waals surface area contributed by atoms with Gasteiger partial charge in [0.2, 0.25) is 0 Å². The third kappa shape index (κ3) is 4.18. The Kier molecular flexibility index (Phi) is 4.65. The van der Waals surface area contributed by atoms with Crippen LogP contribution in [0.25, 0.3) is 0 Å². The summed E-state index contributed by atoms with van der Waals surface area (Å²) in [5.74, 6) is -4.05. The smallest absolute Gasteiger partial charge is 0.408 e. The van der Waals surface area contributed by atoms with E-state index >= 15 is 0 Å². The molecule has 0 aliphatic carbocycles. The molecule has 5 nitrogen and oxygen atoms in total. The number of hydrogen-bond donors (Lipinski definition) is 2. The Balaban J connectivity index is 2.99. The lowest BCUT2D eigenvalue weighted by atomic mass is 10.1. The molecule has 0 aromatic heterocycles. The Morgan fingerprint density at radius 3 is 2.40 bits per heavy atom. The molecule has 0 unspecified atom stereocenters. The summed E-state index contributed by atoms with van der Waals surface area (Å²) in [5, 5.41) is 11.0. The number of carbonyl (C=O) groups is 2. The van der Waals surface area contributed by atoms with Gasteiger partial charge in [-0.05, 0) is 26.8 Å². The molecule has 2 N–H and O–H groups in total. The maximum Gasteiger partial charge on any atom is 0.408 e. The second-order valence-corrected chi connectivity index (χ2v) is 5.06. The molecule has 20 heavy (non-hydrogen) atoms. The lowest BCUT2D eigenvalue weighted by molar-refractivity contribution is -0.139. The number of carboxylic acid groups (broad SMARTS) is 1. The third-order valence-electron chi connectivity index (χ3n) is 2.20. The number of alkyl carbamates (subject to hydrolysis) is 1. The summed E-state index contributed by atoms with van der Waals surface area (Å²) in [7, 11) is 0. The zero-order chi connectivity index (χ0) is 15.5. The minimum atomic E-state index is -1.74. The molecule has 1 amide bonds. The van der Waals surface area contributed by atoms with Gasteiger partial charge in [-0.1, -0.05) is 12.1 Å². The van der Waals surface area contributed by atoms with Crippen molar-refractivity contribution in [2.24, 2.45) is 0 Å². The minimum Gasteiger partial charge on any atom is -0.479 e. The highest BCUT2D eigenvalue weighted by molar-refractivity contribution is 5.81. The number of aliphatic carboxylic acids is 1. The van der Waals surface area contributed by atoms with Crippen LogP contribution in [0.5, 0.6) is 0 Å². The topological polar surface area (TPSA) is 75.6 Å². The maximum absolute atomic E-state index is 13.6. The van der Waals surface area contributed by atoms with Crippen molar-refractivity contribution in [2.45, 2.75) is 32.4 Å². The largest absolute Gasteiger partial charge is 0.479 e. The standard InChI is InChI=1S/C13H15F2NO4/c1-13(2,3)20-12(19)16-10(11(17)18)7-5-4-6-8(14)9(7)15/h4-6,10H,1-3H3,(H,16,19)(H,17,18)/t10-/m1/s1. The molecule has 1 rings (SSSR count). The summed E-state index contributed by atoms with van der Waals surface area (Å²) >= 11 is 0. The van der Waals surface area contributed by atoms with Gasteiger partial charge in [0.05, 0.1) is 0 Å². The van der Waals surface area contributed by atoms with Crippen molar-refractivity contribution in [3.05, 3.63) is 35.4 Å². The van der Waals surface area contributed by atoms with Crippen LogP contribution in [0.4, 0.5) is 13.6 Å². The molecule has 0 spiro atoms. The van der Waals surface area contributed by atoms with Crippen molar-refractivity contribution in [1.82, 2.24) is 5.32 Å². The van der Waals surface area contributed by atoms with Crippen LogP contribution in [0.1, 0.15) is 32.4 Å². The quantitative estimate of drug-likeness (QED) is 0.896. The normalized spacial score (nSPS) is 12.7. The first-order valence-electron chi connectivity index (χ1n) is 5.78. The first-order chi connectivity index (χ1) is 9.11. The van der Waals surface area contributed by atoms with Gasteiger partial charge in [0, 0.05) is 5.56 Å². The number of nitrogens with one attached hydrogen (secondary N) is 1. The highest BCUT2D eigenvalue weighted by Gasteiger charge is 2.28. The van der Waals surface area contributed by atoms with Crippen molar-refractivity contribution < 1.29 is 28.2 Å². The number of carbonyl (C=O) groups excluding carboxylic acids is 1. The number of ether oxygens (including phenoxy) is 1. The molecule has 1 atom stereocenters. The van der Waals surface area contributed by atoms with Gasteiger partial charge in [0.1, 0.15) is 5.60 Å². The Bertz CT molecular complexity index is 526. The molecular weight excluding hydrogens is 272 g/mol. The van der Waals surface area contributed by atoms with Crippen molar-refractivity contribution in [3.63, 3.8) is 0 Å². The average molecular weight is 287 g/mol. The van der Waals surface area contributed by atoms with Crippen molar-refractivity contribution >= 4 is 12.1 Å². The number of hydrogen-bond acceptors (Lipinski definition) is 3. The third-order valence-corrected chi connectivity index (χ3v) is 2.20. The van der Waals surface area contributed by atoms with Crippen molar-refractivity contribution in [2.75, 3.05) is 0 Å². The molecule has 0 bridgehead atoms. The van der Waals surface area contributed by atoms with E-state index in [2.05, 4.69) is 0 Å². The summed E-state index contributed by atoms with van der Waals surface area (Å²) in [6, 6.07) is 1.35. The molecule has 0 saturated heterocycles. The molecule has 110 valence electrons. The SMILES string of the molecule is CC(C)(C)OC(=O)N[C@@H](C(=O)O)c1cccc(F)c1F. The van der Waals surface area contributed by atoms with Gasteiger partial charge in [-0.15, -0.1) is 0 Å². The number of carboxylic acids is 1. The van der Waals surface area contributed by atoms with Crippen LogP contribution in [-0.2, 0) is 9.53 Å². The summed E-state index contributed by atoms with van der Waals surface area (Å²) in [5.41, 5.74) is -1.32. The maximum atomic E-state index is 13.6. The van der Waals surface area contributed by atoms with E-state index in [0.29, 0.717) is 0 Å². The van der Waals surface area contributed by atoms with E-state index in [9.17, 15) is 18.4 Å². The molecule has 0 heterocycles. The van der Waals surface area contributed by atoms with E-state index in [1.54, 1.807) is 20.8 Å². The Morgan fingerprint density at radius 1 is 1.30 bits per heavy atom. The predicted molar refractivity (Wildman–Crippen MR) is 66.1 cm³/mol. The van der Waals surface area contributed by atoms with Crippen LogP contribution in [0, 0.1) is 11.6 Å². The van der Waals surface area contributed by atoms with Gasteiger partial charge in [-0.3, -0.25) is 0 Å². The van der Waals surface area contributed by atoms with Crippen molar-refractivity contribution in [1.29, 1.82) is 0 Å². The molecule has 0 aliphatic rings. The fraction of sp³-hybridized carbons (Fsp3) is 0.385. The van der Waals surface area contributed by atoms with Gasteiger partial charge in [0.25, 0.3) is 0 Å². The summed E-state index contributed by atoms with van der Waals surface area (Å²) in [6.45, 7) is 4.77. The van der Waals surface area contributed by atoms with Crippen LogP contribution in [0.3, 0.4) is 0 Å². The van der Waals surface area contributed by atoms with Crippen LogP contribution >= 0.6 is 0 Å². The van der Waals surface area contributed by atoms with Gasteiger partial charge >= 0.3 is 12.1 Å². The van der Waals surface area contributed by atoms with Gasteiger partial charge in [-0.25, -0.2) is 18.4 Å². The van der Waals surface area contributed by atoms with Crippen LogP contribution < -0.4 is 5.32 Å². The van der Waals surface area contributed by atoms with E-state index < -0.39 is 40.9 Å². The predicted octanol–water partition coefficient (Wildman–Crippen LogP) is 2.62. The van der Waals surface area contributed by atoms with Crippen LogP contribution in [0.15, 0.2) is 18.2 Å². The highest BCUT2D eigenvalue weighted by atomic mass is 19.2. The molecule has 0 saturated carbocycles. The van der Waals surface area contributed by atoms with Crippen molar-refractivity contribution in [3.8, 4) is 0 Å². The van der Waals surface area contributed by atoms with E-state index in [1.165, 1.54) is 0 Å². The van der Waals surface area contributed by atoms with Gasteiger partial charge < -0.3 is 15.2 Å². The average Bonchev–Trinajstić information content (AvgIpc) is 2.27. The Morgan fingerprint density at radius 2 is 1.90 bits per heavy atom. The molecule has 0 fully saturated rings. The minimum absolute atomic E-state index is 0.483. The number of halogens is 2. The van der Waals surface area contributed by atoms with Gasteiger partial charge in [0.15, 0.2) is 17.7 Å². The monoisotopic (exact) mass is 287 g/mol. The summed E-state index contributed by atoms with van der Waals surface area (Å²) < 4.78 is 31.5. The van der Waals surface area contributed by atoms with E-state index in [-0.39, 0.29) is 0 Å². The second-order valence-electron chi connectivity index (χ2n) is 5.06. The number of benzene rings is 1. The Labute approximate surface area is 114 Å². The van der Waals surface area contributed by atoms with E-state index in [1.807, 2.05) is 5.32 Å². The lowest BCUT2D eigenvalue weighted by Gasteiger charge is -2.22. The number of amides is 1. The molecule has 7 heteroatoms. The zero-order valence-corrected chi connectivity index (χ0v) is 11.2. The Hall–Kier alpha value is -2.18. The number of rotatable bonds is 3. The summed E-state index contributed by atoms with van der Waals surface area (Å²) in [6.07, 6.45) is -1.03. The van der Waals surface area contributed by atoms with Crippen LogP contribution in [-0.4, -0.2) is 22.8 Å². The highest BCUT2D eigenvalue weighted by Crippen LogP contribution is 2.20. The molecule has 0 aliphatic heterocycles. The molecule has 1 aromatic carbocycles.